The van der Waals surface area contributed by atoms with Gasteiger partial charge in [0.25, 0.3) is 5.82 Å². The van der Waals surface area contributed by atoms with Crippen LogP contribution in [0.5, 0.6) is 5.75 Å². The highest BCUT2D eigenvalue weighted by Crippen LogP contribution is 2.49. The van der Waals surface area contributed by atoms with Gasteiger partial charge >= 0.3 is 11.9 Å². The van der Waals surface area contributed by atoms with Gasteiger partial charge in [-0.1, -0.05) is 0 Å². The fraction of sp³-hybridized carbons (Fsp3) is 0.480. The molecule has 35 heavy (non-hydrogen) atoms. The molecule has 2 aromatic rings. The van der Waals surface area contributed by atoms with E-state index in [9.17, 15) is 9.18 Å². The van der Waals surface area contributed by atoms with Crippen molar-refractivity contribution in [2.45, 2.75) is 32.1 Å². The van der Waals surface area contributed by atoms with Gasteiger partial charge in [0, 0.05) is 6.07 Å². The Morgan fingerprint density at radius 2 is 2.09 bits per heavy atom. The van der Waals surface area contributed by atoms with Crippen LogP contribution in [0.25, 0.3) is 0 Å². The van der Waals surface area contributed by atoms with Crippen LogP contribution in [0, 0.1) is 34.8 Å². The van der Waals surface area contributed by atoms with Crippen LogP contribution in [0.15, 0.2) is 30.5 Å². The Bertz CT molecular complexity index is 1220. The second kappa shape index (κ2) is 8.73. The molecule has 1 amide bonds. The summed E-state index contributed by atoms with van der Waals surface area (Å²) in [5.74, 6) is -1.40. The molecule has 5 rings (SSSR count). The molecule has 0 saturated carbocycles. The highest BCUT2D eigenvalue weighted by atomic mass is 19.1. The summed E-state index contributed by atoms with van der Waals surface area (Å²) in [6.07, 6.45) is 0.923. The van der Waals surface area contributed by atoms with Gasteiger partial charge in [-0.3, -0.25) is 0 Å². The molecule has 8 nitrogen and oxygen atoms in total. The Morgan fingerprint density at radius 1 is 1.29 bits per heavy atom. The van der Waals surface area contributed by atoms with Gasteiger partial charge in [-0.05, 0) is 32.0 Å². The summed E-state index contributed by atoms with van der Waals surface area (Å²) >= 11 is 0. The molecule has 5 atom stereocenters. The summed E-state index contributed by atoms with van der Waals surface area (Å²) in [5, 5.41) is 11.7. The van der Waals surface area contributed by atoms with E-state index >= 15 is 4.39 Å². The van der Waals surface area contributed by atoms with Crippen molar-refractivity contribution in [1.29, 1.82) is 5.26 Å². The number of piperidine rings is 1. The first-order valence-electron chi connectivity index (χ1n) is 11.7. The van der Waals surface area contributed by atoms with Crippen molar-refractivity contribution in [3.8, 4) is 11.8 Å². The number of amides is 1. The molecule has 1 aromatic carbocycles. The maximum absolute atomic E-state index is 15.6. The lowest BCUT2D eigenvalue weighted by Gasteiger charge is -2.42. The molecule has 3 aliphatic heterocycles. The molecule has 0 aliphatic carbocycles. The molecule has 5 unspecified atom stereocenters. The van der Waals surface area contributed by atoms with Crippen LogP contribution in [0.3, 0.4) is 0 Å². The Hall–Kier alpha value is -3.29. The molecule has 10 heteroatoms. The van der Waals surface area contributed by atoms with Crippen LogP contribution in [0.2, 0.25) is 0 Å². The first-order chi connectivity index (χ1) is 16.7. The van der Waals surface area contributed by atoms with Gasteiger partial charge in [0.15, 0.2) is 23.3 Å². The third-order valence-electron chi connectivity index (χ3n) is 7.14. The number of aromatic nitrogens is 1. The van der Waals surface area contributed by atoms with E-state index < -0.39 is 11.6 Å². The fourth-order valence-corrected chi connectivity index (χ4v) is 5.37. The monoisotopic (exact) mass is 486 g/mol. The SMILES string of the molecule is CC(C)OC(=O)[N+]12CC3COCC(C3Oc3cc[n+](C)c(Nc4ccc(C#N)cc4F)c3F)C1C2. The maximum Gasteiger partial charge on any atom is 0.516 e. The Balaban J connectivity index is 1.38. The van der Waals surface area contributed by atoms with Gasteiger partial charge in [0.05, 0.1) is 56.5 Å². The molecular weight excluding hydrogens is 458 g/mol. The van der Waals surface area contributed by atoms with E-state index in [4.69, 9.17) is 19.5 Å². The number of ether oxygens (including phenoxy) is 3. The average Bonchev–Trinajstić information content (AvgIpc) is 3.54. The van der Waals surface area contributed by atoms with E-state index in [1.807, 2.05) is 19.9 Å². The Kier molecular flexibility index (Phi) is 5.85. The summed E-state index contributed by atoms with van der Waals surface area (Å²) in [4.78, 5) is 12.8. The molecule has 3 fully saturated rings. The normalized spacial score (nSPS) is 28.6. The molecule has 1 aromatic heterocycles. The van der Waals surface area contributed by atoms with Crippen molar-refractivity contribution in [3.63, 3.8) is 0 Å². The number of nitrogens with zero attached hydrogens (tertiary/aromatic N) is 3. The number of anilines is 2. The third kappa shape index (κ3) is 4.09. The van der Waals surface area contributed by atoms with Gasteiger partial charge < -0.3 is 14.2 Å². The van der Waals surface area contributed by atoms with Gasteiger partial charge in [0.1, 0.15) is 18.8 Å². The van der Waals surface area contributed by atoms with Crippen LogP contribution in [0.4, 0.5) is 25.1 Å². The van der Waals surface area contributed by atoms with Crippen molar-refractivity contribution < 1.29 is 36.8 Å². The predicted octanol–water partition coefficient (Wildman–Crippen LogP) is 3.17. The number of halogens is 2. The number of pyridine rings is 1. The second-order valence-electron chi connectivity index (χ2n) is 9.83. The standard InChI is InChI=1S/C25H27F2N4O4/c1-14(2)34-25(32)31-10-16-12-33-13-17(20(31)11-31)23(16)35-21-6-7-30(3)24(22(21)27)29-19-5-4-15(9-28)8-18(19)26/h4-8,14,16-17,20,23H,10-13H2,1-3H3/q+1/p+1. The highest BCUT2D eigenvalue weighted by molar-refractivity contribution is 5.62. The number of quaternary nitrogens is 1. The lowest BCUT2D eigenvalue weighted by atomic mass is 9.83. The van der Waals surface area contributed by atoms with E-state index in [0.717, 1.165) is 6.07 Å². The smallest absolute Gasteiger partial charge is 0.486 e. The number of carbonyl (C=O) groups is 1. The number of aryl methyl sites for hydroxylation is 1. The van der Waals surface area contributed by atoms with Crippen molar-refractivity contribution in [3.05, 3.63) is 47.7 Å². The molecule has 3 saturated heterocycles. The van der Waals surface area contributed by atoms with Crippen LogP contribution in [-0.2, 0) is 16.5 Å². The number of benzene rings is 1. The number of nitrogens with one attached hydrogen (secondary N) is 1. The summed E-state index contributed by atoms with van der Waals surface area (Å²) in [7, 11) is 1.64. The zero-order chi connectivity index (χ0) is 24.9. The number of carbonyl (C=O) groups excluding carboxylic acids is 1. The zero-order valence-electron chi connectivity index (χ0n) is 19.8. The summed E-state index contributed by atoms with van der Waals surface area (Å²) in [5.41, 5.74) is 0.218. The van der Waals surface area contributed by atoms with Crippen LogP contribution in [-0.4, -0.2) is 55.1 Å². The maximum atomic E-state index is 15.6. The molecule has 3 aliphatic rings. The number of hydrogen-bond acceptors (Lipinski definition) is 6. The van der Waals surface area contributed by atoms with E-state index in [2.05, 4.69) is 5.32 Å². The first-order valence-corrected chi connectivity index (χ1v) is 11.7. The molecule has 0 spiro atoms. The topological polar surface area (TPSA) is 84.5 Å². The number of nitriles is 1. The molecule has 4 heterocycles. The largest absolute Gasteiger partial charge is 0.516 e. The van der Waals surface area contributed by atoms with Gasteiger partial charge in [-0.2, -0.15) is 14.4 Å². The lowest BCUT2D eigenvalue weighted by Crippen LogP contribution is -2.59. The van der Waals surface area contributed by atoms with Crippen molar-refractivity contribution >= 4 is 17.6 Å². The summed E-state index contributed by atoms with van der Waals surface area (Å²) in [6.45, 7) is 5.73. The predicted molar refractivity (Wildman–Crippen MR) is 120 cm³/mol. The molecule has 2 bridgehead atoms. The van der Waals surface area contributed by atoms with Crippen molar-refractivity contribution in [2.24, 2.45) is 18.9 Å². The molecular formula is C25H28F2N4O4+2. The lowest BCUT2D eigenvalue weighted by molar-refractivity contribution is -0.756. The van der Waals surface area contributed by atoms with Crippen LogP contribution >= 0.6 is 0 Å². The highest BCUT2D eigenvalue weighted by Gasteiger charge is 2.73. The van der Waals surface area contributed by atoms with Gasteiger partial charge in [-0.15, -0.1) is 0 Å². The van der Waals surface area contributed by atoms with Gasteiger partial charge in [0.2, 0.25) is 0 Å². The Labute approximate surface area is 202 Å². The van der Waals surface area contributed by atoms with Crippen LogP contribution in [0.1, 0.15) is 19.4 Å². The summed E-state index contributed by atoms with van der Waals surface area (Å²) in [6, 6.07) is 7.38. The first kappa shape index (κ1) is 23.5. The van der Waals surface area contributed by atoms with Crippen molar-refractivity contribution in [1.82, 2.24) is 0 Å². The number of fused-ring (bicyclic) bond motifs is 4. The van der Waals surface area contributed by atoms with E-state index in [1.54, 1.807) is 19.3 Å². The minimum atomic E-state index is -0.662. The minimum Gasteiger partial charge on any atom is -0.486 e. The molecule has 184 valence electrons. The van der Waals surface area contributed by atoms with E-state index in [1.165, 1.54) is 16.7 Å². The van der Waals surface area contributed by atoms with E-state index in [0.29, 0.717) is 26.3 Å². The Morgan fingerprint density at radius 3 is 2.80 bits per heavy atom. The van der Waals surface area contributed by atoms with Gasteiger partial charge in [-0.25, -0.2) is 18.8 Å². The number of rotatable bonds is 5. The third-order valence-corrected chi connectivity index (χ3v) is 7.14. The minimum absolute atomic E-state index is 0.0241. The average molecular weight is 487 g/mol. The quantitative estimate of drug-likeness (QED) is 0.397. The molecule has 1 N–H and O–H groups in total. The van der Waals surface area contributed by atoms with E-state index in [-0.39, 0.29) is 63.5 Å². The van der Waals surface area contributed by atoms with Crippen molar-refractivity contribution in [2.75, 3.05) is 31.6 Å². The second-order valence-corrected chi connectivity index (χ2v) is 9.83. The zero-order valence-corrected chi connectivity index (χ0v) is 19.8. The summed E-state index contributed by atoms with van der Waals surface area (Å²) < 4.78 is 49.3. The van der Waals surface area contributed by atoms with Crippen LogP contribution < -0.4 is 14.6 Å². The molecule has 0 radical (unpaired) electrons. The fourth-order valence-electron chi connectivity index (χ4n) is 5.37. The number of hydrogen-bond donors (Lipinski definition) is 1.